The van der Waals surface area contributed by atoms with E-state index in [0.29, 0.717) is 13.2 Å². The third-order valence-electron chi connectivity index (χ3n) is 5.78. The first-order valence-electron chi connectivity index (χ1n) is 10.3. The molecule has 1 fully saturated rings. The number of methoxy groups -OCH3 is 1. The maximum atomic E-state index is 10.4. The van der Waals surface area contributed by atoms with Crippen molar-refractivity contribution in [1.82, 2.24) is 4.90 Å². The van der Waals surface area contributed by atoms with Gasteiger partial charge in [0.25, 0.3) is 0 Å². The van der Waals surface area contributed by atoms with Gasteiger partial charge in [-0.1, -0.05) is 18.2 Å². The molecule has 0 amide bonds. The lowest BCUT2D eigenvalue weighted by Crippen LogP contribution is -2.49. The van der Waals surface area contributed by atoms with E-state index in [1.54, 1.807) is 7.11 Å². The molecule has 1 aliphatic carbocycles. The van der Waals surface area contributed by atoms with Crippen LogP contribution in [0.3, 0.4) is 0 Å². The Morgan fingerprint density at radius 1 is 1.00 bits per heavy atom. The molecule has 1 atom stereocenters. The first-order valence-corrected chi connectivity index (χ1v) is 10.3. The highest BCUT2D eigenvalue weighted by atomic mass is 35.5. The van der Waals surface area contributed by atoms with E-state index in [9.17, 15) is 5.11 Å². The molecule has 4 rings (SSSR count). The zero-order chi connectivity index (χ0) is 19.3. The van der Waals surface area contributed by atoms with Crippen molar-refractivity contribution in [3.8, 4) is 11.5 Å². The van der Waals surface area contributed by atoms with Crippen LogP contribution in [0, 0.1) is 0 Å². The molecule has 0 saturated carbocycles. The number of piperazine rings is 1. The van der Waals surface area contributed by atoms with Gasteiger partial charge in [-0.25, -0.2) is 0 Å². The molecule has 0 bridgehead atoms. The lowest BCUT2D eigenvalue weighted by atomic mass is 10.1. The molecular weight excluding hydrogens is 388 g/mol. The second-order valence-electron chi connectivity index (χ2n) is 7.71. The normalized spacial score (nSPS) is 17.4. The molecule has 2 aromatic rings. The smallest absolute Gasteiger partial charge is 0.142 e. The van der Waals surface area contributed by atoms with E-state index in [1.165, 1.54) is 24.0 Å². The Balaban J connectivity index is 0.00000240. The number of halogens is 1. The van der Waals surface area contributed by atoms with Gasteiger partial charge in [-0.15, -0.1) is 12.4 Å². The van der Waals surface area contributed by atoms with Gasteiger partial charge >= 0.3 is 0 Å². The molecule has 1 N–H and O–H groups in total. The lowest BCUT2D eigenvalue weighted by Gasteiger charge is -2.37. The van der Waals surface area contributed by atoms with Crippen LogP contribution in [0.25, 0.3) is 0 Å². The van der Waals surface area contributed by atoms with E-state index in [2.05, 4.69) is 28.0 Å². The first-order chi connectivity index (χ1) is 13.7. The van der Waals surface area contributed by atoms with Crippen LogP contribution in [0.15, 0.2) is 42.5 Å². The van der Waals surface area contributed by atoms with Crippen molar-refractivity contribution in [3.05, 3.63) is 53.6 Å². The second-order valence-corrected chi connectivity index (χ2v) is 7.71. The van der Waals surface area contributed by atoms with Crippen LogP contribution in [-0.2, 0) is 12.8 Å². The van der Waals surface area contributed by atoms with Gasteiger partial charge in [0.1, 0.15) is 24.2 Å². The fourth-order valence-corrected chi connectivity index (χ4v) is 4.24. The largest absolute Gasteiger partial charge is 0.495 e. The van der Waals surface area contributed by atoms with Crippen LogP contribution in [0.2, 0.25) is 0 Å². The molecule has 2 aliphatic rings. The number of β-amino-alcohol motifs (C(OH)–C–C–N with tert-alkyl or cyclic N) is 1. The third kappa shape index (κ3) is 5.35. The van der Waals surface area contributed by atoms with E-state index in [0.717, 1.165) is 49.8 Å². The van der Waals surface area contributed by atoms with Crippen molar-refractivity contribution in [2.75, 3.05) is 51.3 Å². The van der Waals surface area contributed by atoms with E-state index in [1.807, 2.05) is 24.3 Å². The number of para-hydroxylation sites is 2. The van der Waals surface area contributed by atoms with Gasteiger partial charge in [0, 0.05) is 32.7 Å². The fourth-order valence-electron chi connectivity index (χ4n) is 4.24. The Labute approximate surface area is 179 Å². The van der Waals surface area contributed by atoms with Crippen molar-refractivity contribution in [2.24, 2.45) is 0 Å². The number of anilines is 1. The zero-order valence-electron chi connectivity index (χ0n) is 17.0. The van der Waals surface area contributed by atoms with E-state index >= 15 is 0 Å². The van der Waals surface area contributed by atoms with Crippen molar-refractivity contribution in [2.45, 2.75) is 25.4 Å². The van der Waals surface area contributed by atoms with Crippen molar-refractivity contribution in [1.29, 1.82) is 0 Å². The zero-order valence-corrected chi connectivity index (χ0v) is 17.9. The Bertz CT molecular complexity index is 793. The molecule has 2 aromatic carbocycles. The molecule has 1 aliphatic heterocycles. The van der Waals surface area contributed by atoms with Crippen LogP contribution < -0.4 is 14.4 Å². The summed E-state index contributed by atoms with van der Waals surface area (Å²) in [5.41, 5.74) is 3.99. The maximum Gasteiger partial charge on any atom is 0.142 e. The van der Waals surface area contributed by atoms with Gasteiger partial charge in [0.05, 0.1) is 12.8 Å². The highest BCUT2D eigenvalue weighted by Gasteiger charge is 2.21. The summed E-state index contributed by atoms with van der Waals surface area (Å²) < 4.78 is 11.3. The molecule has 158 valence electrons. The highest BCUT2D eigenvalue weighted by Crippen LogP contribution is 2.28. The van der Waals surface area contributed by atoms with Gasteiger partial charge in [0.15, 0.2) is 0 Å². The van der Waals surface area contributed by atoms with Crippen LogP contribution in [0.1, 0.15) is 17.5 Å². The quantitative estimate of drug-likeness (QED) is 0.748. The number of ether oxygens (including phenoxy) is 2. The fraction of sp³-hybridized carbons (Fsp3) is 0.478. The molecule has 0 radical (unpaired) electrons. The molecule has 0 spiro atoms. The number of aliphatic hydroxyl groups is 1. The number of hydrogen-bond donors (Lipinski definition) is 1. The van der Waals surface area contributed by atoms with Crippen LogP contribution in [0.5, 0.6) is 11.5 Å². The van der Waals surface area contributed by atoms with Crippen molar-refractivity contribution in [3.63, 3.8) is 0 Å². The van der Waals surface area contributed by atoms with Crippen LogP contribution in [-0.4, -0.2) is 62.6 Å². The number of fused-ring (bicyclic) bond motifs is 1. The molecule has 1 unspecified atom stereocenters. The average molecular weight is 419 g/mol. The van der Waals surface area contributed by atoms with Gasteiger partial charge in [0.2, 0.25) is 0 Å². The summed E-state index contributed by atoms with van der Waals surface area (Å²) in [7, 11) is 1.71. The molecule has 6 heteroatoms. The van der Waals surface area contributed by atoms with Gasteiger partial charge in [-0.3, -0.25) is 4.90 Å². The highest BCUT2D eigenvalue weighted by molar-refractivity contribution is 5.85. The number of nitrogens with zero attached hydrogens (tertiary/aromatic N) is 2. The summed E-state index contributed by atoms with van der Waals surface area (Å²) in [5, 5.41) is 10.4. The van der Waals surface area contributed by atoms with Gasteiger partial charge in [-0.2, -0.15) is 0 Å². The minimum absolute atomic E-state index is 0. The summed E-state index contributed by atoms with van der Waals surface area (Å²) in [5.74, 6) is 1.79. The summed E-state index contributed by atoms with van der Waals surface area (Å²) in [6.45, 7) is 4.69. The van der Waals surface area contributed by atoms with E-state index in [-0.39, 0.29) is 12.4 Å². The number of hydrogen-bond acceptors (Lipinski definition) is 5. The Morgan fingerprint density at radius 3 is 2.55 bits per heavy atom. The number of benzene rings is 2. The van der Waals surface area contributed by atoms with Crippen molar-refractivity contribution >= 4 is 18.1 Å². The molecule has 1 heterocycles. The minimum atomic E-state index is -0.480. The molecule has 1 saturated heterocycles. The summed E-state index contributed by atoms with van der Waals surface area (Å²) in [6.07, 6.45) is 3.08. The summed E-state index contributed by atoms with van der Waals surface area (Å²) in [4.78, 5) is 4.66. The maximum absolute atomic E-state index is 10.4. The molecular formula is C23H31ClN2O3. The third-order valence-corrected chi connectivity index (χ3v) is 5.78. The van der Waals surface area contributed by atoms with Crippen LogP contribution in [0.4, 0.5) is 5.69 Å². The molecule has 0 aromatic heterocycles. The number of aryl methyl sites for hydroxylation is 2. The lowest BCUT2D eigenvalue weighted by molar-refractivity contribution is 0.0662. The predicted octanol–water partition coefficient (Wildman–Crippen LogP) is 3.17. The molecule has 5 nitrogen and oxygen atoms in total. The minimum Gasteiger partial charge on any atom is -0.495 e. The van der Waals surface area contributed by atoms with E-state index < -0.39 is 6.10 Å². The average Bonchev–Trinajstić information content (AvgIpc) is 3.21. The standard InChI is InChI=1S/C23H30N2O3.ClH/c1-27-23-8-3-2-7-22(23)25-13-11-24(12-14-25)16-20(26)17-28-21-10-9-18-5-4-6-19(18)15-21;/h2-3,7-10,15,20,26H,4-6,11-14,16-17H2,1H3;1H. The Kier molecular flexibility index (Phi) is 7.64. The summed E-state index contributed by atoms with van der Waals surface area (Å²) in [6, 6.07) is 14.5. The first kappa shape index (κ1) is 21.8. The Morgan fingerprint density at radius 2 is 1.76 bits per heavy atom. The second kappa shape index (κ2) is 10.2. The van der Waals surface area contributed by atoms with Gasteiger partial charge in [-0.05, 0) is 54.7 Å². The predicted molar refractivity (Wildman–Crippen MR) is 119 cm³/mol. The van der Waals surface area contributed by atoms with Gasteiger partial charge < -0.3 is 19.5 Å². The number of aliphatic hydroxyl groups excluding tert-OH is 1. The van der Waals surface area contributed by atoms with E-state index in [4.69, 9.17) is 9.47 Å². The topological polar surface area (TPSA) is 45.2 Å². The van der Waals surface area contributed by atoms with Crippen molar-refractivity contribution < 1.29 is 14.6 Å². The summed E-state index contributed by atoms with van der Waals surface area (Å²) >= 11 is 0. The monoisotopic (exact) mass is 418 g/mol. The number of rotatable bonds is 7. The van der Waals surface area contributed by atoms with Crippen LogP contribution >= 0.6 is 12.4 Å². The SMILES string of the molecule is COc1ccccc1N1CCN(CC(O)COc2ccc3c(c2)CCC3)CC1.Cl. The Hall–Kier alpha value is -1.95. The molecule has 29 heavy (non-hydrogen) atoms.